The molecule has 19 heavy (non-hydrogen) atoms. The molecule has 0 atom stereocenters. The van der Waals surface area contributed by atoms with Crippen LogP contribution >= 0.6 is 0 Å². The third-order valence-electron chi connectivity index (χ3n) is 6.43. The van der Waals surface area contributed by atoms with Crippen LogP contribution < -0.4 is 5.32 Å². The zero-order chi connectivity index (χ0) is 12.7. The summed E-state index contributed by atoms with van der Waals surface area (Å²) in [6.07, 6.45) is 13.1. The van der Waals surface area contributed by atoms with Gasteiger partial charge in [0.25, 0.3) is 0 Å². The Kier molecular flexibility index (Phi) is 3.35. The average Bonchev–Trinajstić information content (AvgIpc) is 2.38. The van der Waals surface area contributed by atoms with E-state index in [0.717, 1.165) is 36.9 Å². The number of ether oxygens (including phenoxy) is 1. The molecule has 0 aromatic carbocycles. The number of rotatable bonds is 4. The summed E-state index contributed by atoms with van der Waals surface area (Å²) in [6, 6.07) is 0. The van der Waals surface area contributed by atoms with Gasteiger partial charge in [-0.05, 0) is 88.0 Å². The molecule has 108 valence electrons. The van der Waals surface area contributed by atoms with E-state index in [1.165, 1.54) is 45.1 Å². The second-order valence-corrected chi connectivity index (χ2v) is 7.97. The highest BCUT2D eigenvalue weighted by molar-refractivity contribution is 5.06. The third-order valence-corrected chi connectivity index (χ3v) is 6.43. The van der Waals surface area contributed by atoms with Crippen LogP contribution in [0.4, 0.5) is 0 Å². The van der Waals surface area contributed by atoms with Crippen molar-refractivity contribution in [2.75, 3.05) is 19.8 Å². The van der Waals surface area contributed by atoms with E-state index >= 15 is 0 Å². The van der Waals surface area contributed by atoms with Gasteiger partial charge >= 0.3 is 0 Å². The van der Waals surface area contributed by atoms with E-state index in [2.05, 4.69) is 5.32 Å². The van der Waals surface area contributed by atoms with Crippen LogP contribution in [0.5, 0.6) is 0 Å². The Balaban J connectivity index is 1.30. The standard InChI is InChI=1S/C17H29NO/c1(13-2-5-19-6-3-13)4-18-17-10-14-7-15(11-17)9-16(8-14)12-17/h13-16,18H,1-12H2. The Morgan fingerprint density at radius 3 is 2.05 bits per heavy atom. The predicted molar refractivity (Wildman–Crippen MR) is 77.1 cm³/mol. The van der Waals surface area contributed by atoms with Gasteiger partial charge in [0.05, 0.1) is 0 Å². The molecule has 0 radical (unpaired) electrons. The van der Waals surface area contributed by atoms with Gasteiger partial charge in [-0.25, -0.2) is 0 Å². The van der Waals surface area contributed by atoms with Crippen LogP contribution in [-0.2, 0) is 4.74 Å². The Hall–Kier alpha value is -0.0800. The van der Waals surface area contributed by atoms with Crippen molar-refractivity contribution >= 4 is 0 Å². The van der Waals surface area contributed by atoms with Crippen molar-refractivity contribution in [2.45, 2.75) is 63.3 Å². The molecule has 4 saturated carbocycles. The summed E-state index contributed by atoms with van der Waals surface area (Å²) < 4.78 is 5.46. The van der Waals surface area contributed by atoms with Crippen LogP contribution in [0.3, 0.4) is 0 Å². The van der Waals surface area contributed by atoms with Crippen LogP contribution in [-0.4, -0.2) is 25.3 Å². The lowest BCUT2D eigenvalue weighted by Gasteiger charge is -2.57. The number of hydrogen-bond donors (Lipinski definition) is 1. The van der Waals surface area contributed by atoms with E-state index in [4.69, 9.17) is 4.74 Å². The average molecular weight is 263 g/mol. The zero-order valence-electron chi connectivity index (χ0n) is 12.2. The Bertz CT molecular complexity index is 286. The van der Waals surface area contributed by atoms with E-state index in [-0.39, 0.29) is 0 Å². The van der Waals surface area contributed by atoms with Crippen LogP contribution in [0.1, 0.15) is 57.8 Å². The Morgan fingerprint density at radius 2 is 1.47 bits per heavy atom. The number of nitrogens with one attached hydrogen (secondary N) is 1. The summed E-state index contributed by atoms with van der Waals surface area (Å²) >= 11 is 0. The molecule has 1 heterocycles. The van der Waals surface area contributed by atoms with Crippen molar-refractivity contribution in [3.8, 4) is 0 Å². The maximum atomic E-state index is 5.46. The van der Waals surface area contributed by atoms with Crippen molar-refractivity contribution in [3.05, 3.63) is 0 Å². The van der Waals surface area contributed by atoms with Gasteiger partial charge in [-0.2, -0.15) is 0 Å². The SMILES string of the molecule is C(CC1CCOCC1)NC12CC3CC(CC(C3)C1)C2. The molecule has 1 aliphatic heterocycles. The summed E-state index contributed by atoms with van der Waals surface area (Å²) in [7, 11) is 0. The fourth-order valence-electron chi connectivity index (χ4n) is 5.90. The van der Waals surface area contributed by atoms with Crippen LogP contribution in [0, 0.1) is 23.7 Å². The molecule has 5 rings (SSSR count). The lowest BCUT2D eigenvalue weighted by atomic mass is 9.53. The molecule has 1 saturated heterocycles. The summed E-state index contributed by atoms with van der Waals surface area (Å²) in [5, 5.41) is 4.03. The first-order valence-electron chi connectivity index (χ1n) is 8.64. The van der Waals surface area contributed by atoms with Crippen LogP contribution in [0.25, 0.3) is 0 Å². The quantitative estimate of drug-likeness (QED) is 0.840. The van der Waals surface area contributed by atoms with Crippen molar-refractivity contribution in [2.24, 2.45) is 23.7 Å². The normalized spacial score (nSPS) is 45.8. The highest BCUT2D eigenvalue weighted by Gasteiger charge is 2.50. The molecule has 4 aliphatic carbocycles. The van der Waals surface area contributed by atoms with Crippen molar-refractivity contribution < 1.29 is 4.74 Å². The van der Waals surface area contributed by atoms with Crippen LogP contribution in [0.15, 0.2) is 0 Å². The first-order valence-corrected chi connectivity index (χ1v) is 8.64. The molecule has 2 heteroatoms. The van der Waals surface area contributed by atoms with E-state index in [1.54, 1.807) is 19.3 Å². The van der Waals surface area contributed by atoms with Gasteiger partial charge in [0.15, 0.2) is 0 Å². The first kappa shape index (κ1) is 12.6. The van der Waals surface area contributed by atoms with Crippen molar-refractivity contribution in [3.63, 3.8) is 0 Å². The summed E-state index contributed by atoms with van der Waals surface area (Å²) in [6.45, 7) is 3.26. The summed E-state index contributed by atoms with van der Waals surface area (Å²) in [5.41, 5.74) is 0.569. The minimum Gasteiger partial charge on any atom is -0.381 e. The van der Waals surface area contributed by atoms with Gasteiger partial charge in [0.2, 0.25) is 0 Å². The van der Waals surface area contributed by atoms with E-state index < -0.39 is 0 Å². The van der Waals surface area contributed by atoms with Crippen LogP contribution in [0.2, 0.25) is 0 Å². The van der Waals surface area contributed by atoms with E-state index in [0.29, 0.717) is 5.54 Å². The molecule has 4 bridgehead atoms. The van der Waals surface area contributed by atoms with Crippen molar-refractivity contribution in [1.82, 2.24) is 5.32 Å². The predicted octanol–water partition coefficient (Wildman–Crippen LogP) is 3.36. The molecule has 0 amide bonds. The Labute approximate surface area is 117 Å². The monoisotopic (exact) mass is 263 g/mol. The summed E-state index contributed by atoms with van der Waals surface area (Å²) in [4.78, 5) is 0. The summed E-state index contributed by atoms with van der Waals surface area (Å²) in [5.74, 6) is 4.14. The second-order valence-electron chi connectivity index (χ2n) is 7.97. The lowest BCUT2D eigenvalue weighted by Crippen LogP contribution is -2.58. The third kappa shape index (κ3) is 2.58. The highest BCUT2D eigenvalue weighted by Crippen LogP contribution is 2.55. The van der Waals surface area contributed by atoms with Crippen molar-refractivity contribution in [1.29, 1.82) is 0 Å². The smallest absolute Gasteiger partial charge is 0.0468 e. The van der Waals surface area contributed by atoms with E-state index in [1.807, 2.05) is 0 Å². The molecular formula is C17H29NO. The molecule has 0 aromatic heterocycles. The zero-order valence-corrected chi connectivity index (χ0v) is 12.2. The molecule has 0 aromatic rings. The highest BCUT2D eigenvalue weighted by atomic mass is 16.5. The minimum absolute atomic E-state index is 0.569. The molecule has 2 nitrogen and oxygen atoms in total. The molecule has 0 unspecified atom stereocenters. The second kappa shape index (κ2) is 5.04. The molecule has 5 fully saturated rings. The van der Waals surface area contributed by atoms with Gasteiger partial charge in [-0.15, -0.1) is 0 Å². The largest absolute Gasteiger partial charge is 0.381 e. The topological polar surface area (TPSA) is 21.3 Å². The fraction of sp³-hybridized carbons (Fsp3) is 1.00. The maximum Gasteiger partial charge on any atom is 0.0468 e. The first-order chi connectivity index (χ1) is 9.31. The Morgan fingerprint density at radius 1 is 0.895 bits per heavy atom. The fourth-order valence-corrected chi connectivity index (χ4v) is 5.90. The van der Waals surface area contributed by atoms with Gasteiger partial charge in [0.1, 0.15) is 0 Å². The van der Waals surface area contributed by atoms with Gasteiger partial charge in [-0.1, -0.05) is 0 Å². The maximum absolute atomic E-state index is 5.46. The lowest BCUT2D eigenvalue weighted by molar-refractivity contribution is -0.0208. The molecular weight excluding hydrogens is 234 g/mol. The number of hydrogen-bond acceptors (Lipinski definition) is 2. The molecule has 1 N–H and O–H groups in total. The molecule has 5 aliphatic rings. The molecule has 0 spiro atoms. The van der Waals surface area contributed by atoms with Gasteiger partial charge in [-0.3, -0.25) is 0 Å². The van der Waals surface area contributed by atoms with Gasteiger partial charge < -0.3 is 10.1 Å². The van der Waals surface area contributed by atoms with Gasteiger partial charge in [0, 0.05) is 18.8 Å². The minimum atomic E-state index is 0.569. The van der Waals surface area contributed by atoms with E-state index in [9.17, 15) is 0 Å².